The van der Waals surface area contributed by atoms with Crippen molar-refractivity contribution in [3.05, 3.63) is 23.8 Å². The lowest BCUT2D eigenvalue weighted by Crippen LogP contribution is -2.59. The second-order valence-corrected chi connectivity index (χ2v) is 13.1. The van der Waals surface area contributed by atoms with Crippen molar-refractivity contribution >= 4 is 0 Å². The fraction of sp³-hybridized carbons (Fsp3) is 0.867. The molecule has 33 heavy (non-hydrogen) atoms. The van der Waals surface area contributed by atoms with E-state index in [4.69, 9.17) is 4.89 Å². The molecule has 3 fully saturated rings. The van der Waals surface area contributed by atoms with Crippen LogP contribution in [0.25, 0.3) is 0 Å². The Bertz CT molecular complexity index is 771. The van der Waals surface area contributed by atoms with Gasteiger partial charge < -0.3 is 5.11 Å². The Labute approximate surface area is 203 Å². The number of fused-ring (bicyclic) bond motifs is 5. The van der Waals surface area contributed by atoms with E-state index in [2.05, 4.69) is 54.2 Å². The van der Waals surface area contributed by atoms with Gasteiger partial charge in [0.1, 0.15) is 5.60 Å². The van der Waals surface area contributed by atoms with Crippen LogP contribution in [0.2, 0.25) is 0 Å². The number of hydrogen-bond donors (Lipinski definition) is 2. The third-order valence-corrected chi connectivity index (χ3v) is 11.6. The summed E-state index contributed by atoms with van der Waals surface area (Å²) in [6, 6.07) is 0. The molecular formula is C30H50O3. The van der Waals surface area contributed by atoms with Crippen LogP contribution < -0.4 is 0 Å². The van der Waals surface area contributed by atoms with Crippen molar-refractivity contribution in [2.75, 3.05) is 0 Å². The Morgan fingerprint density at radius 3 is 2.42 bits per heavy atom. The van der Waals surface area contributed by atoms with E-state index >= 15 is 0 Å². The van der Waals surface area contributed by atoms with Gasteiger partial charge in [-0.2, -0.15) is 0 Å². The molecule has 0 amide bonds. The maximum atomic E-state index is 10.6. The zero-order valence-electron chi connectivity index (χ0n) is 22.2. The summed E-state index contributed by atoms with van der Waals surface area (Å²) < 4.78 is 0. The molecule has 3 heteroatoms. The fourth-order valence-electron chi connectivity index (χ4n) is 9.34. The lowest BCUT2D eigenvalue weighted by atomic mass is 9.45. The van der Waals surface area contributed by atoms with E-state index < -0.39 is 5.60 Å². The minimum Gasteiger partial charge on any atom is -0.389 e. The van der Waals surface area contributed by atoms with Crippen LogP contribution in [0.3, 0.4) is 0 Å². The molecule has 0 heterocycles. The molecule has 0 aromatic heterocycles. The van der Waals surface area contributed by atoms with E-state index in [1.165, 1.54) is 24.8 Å². The predicted octanol–water partition coefficient (Wildman–Crippen LogP) is 7.80. The Morgan fingerprint density at radius 1 is 1.06 bits per heavy atom. The summed E-state index contributed by atoms with van der Waals surface area (Å²) >= 11 is 0. The Hall–Kier alpha value is -0.640. The molecular weight excluding hydrogens is 408 g/mol. The molecule has 0 aromatic rings. The smallest absolute Gasteiger partial charge is 0.130 e. The minimum absolute atomic E-state index is 0.0164. The van der Waals surface area contributed by atoms with E-state index in [-0.39, 0.29) is 16.9 Å². The quantitative estimate of drug-likeness (QED) is 0.232. The second-order valence-electron chi connectivity index (χ2n) is 13.1. The number of allylic oxidation sites excluding steroid dienone is 1. The highest BCUT2D eigenvalue weighted by atomic mass is 17.1. The fourth-order valence-corrected chi connectivity index (χ4v) is 9.34. The van der Waals surface area contributed by atoms with Crippen LogP contribution in [0, 0.1) is 46.3 Å². The molecule has 4 rings (SSSR count). The minimum atomic E-state index is -0.539. The van der Waals surface area contributed by atoms with Gasteiger partial charge in [-0.25, -0.2) is 4.89 Å². The first-order chi connectivity index (χ1) is 15.6. The normalized spacial score (nSPS) is 44.6. The molecule has 0 saturated heterocycles. The second kappa shape index (κ2) is 9.10. The average molecular weight is 459 g/mol. The molecule has 0 radical (unpaired) electrons. The van der Waals surface area contributed by atoms with Gasteiger partial charge >= 0.3 is 0 Å². The van der Waals surface area contributed by atoms with Crippen LogP contribution in [0.15, 0.2) is 23.8 Å². The highest BCUT2D eigenvalue weighted by molar-refractivity contribution is 5.38. The predicted molar refractivity (Wildman–Crippen MR) is 136 cm³/mol. The summed E-state index contributed by atoms with van der Waals surface area (Å²) in [4.78, 5) is 5.67. The van der Waals surface area contributed by atoms with E-state index in [0.29, 0.717) is 23.7 Å². The summed E-state index contributed by atoms with van der Waals surface area (Å²) in [5.41, 5.74) is 1.97. The summed E-state index contributed by atoms with van der Waals surface area (Å²) in [7, 11) is 0. The van der Waals surface area contributed by atoms with E-state index in [1.807, 2.05) is 0 Å². The topological polar surface area (TPSA) is 49.7 Å². The molecule has 0 bridgehead atoms. The third kappa shape index (κ3) is 3.71. The van der Waals surface area contributed by atoms with E-state index in [0.717, 1.165) is 62.4 Å². The Morgan fingerprint density at radius 2 is 1.79 bits per heavy atom. The molecule has 4 aliphatic rings. The molecule has 4 aliphatic carbocycles. The van der Waals surface area contributed by atoms with Crippen molar-refractivity contribution in [1.29, 1.82) is 0 Å². The largest absolute Gasteiger partial charge is 0.389 e. The molecule has 9 atom stereocenters. The van der Waals surface area contributed by atoms with Gasteiger partial charge in [-0.3, -0.25) is 5.26 Å². The van der Waals surface area contributed by atoms with Crippen molar-refractivity contribution in [3.8, 4) is 0 Å². The summed E-state index contributed by atoms with van der Waals surface area (Å²) in [5, 5.41) is 21.0. The van der Waals surface area contributed by atoms with Gasteiger partial charge in [0.2, 0.25) is 0 Å². The summed E-state index contributed by atoms with van der Waals surface area (Å²) in [6.07, 6.45) is 13.0. The summed E-state index contributed by atoms with van der Waals surface area (Å²) in [5.74, 6) is 3.55. The first-order valence-corrected chi connectivity index (χ1v) is 14.0. The van der Waals surface area contributed by atoms with Gasteiger partial charge in [-0.05, 0) is 103 Å². The molecule has 0 unspecified atom stereocenters. The van der Waals surface area contributed by atoms with Crippen LogP contribution in [-0.4, -0.2) is 22.1 Å². The van der Waals surface area contributed by atoms with Crippen molar-refractivity contribution < 1.29 is 15.3 Å². The monoisotopic (exact) mass is 458 g/mol. The molecule has 3 nitrogen and oxygen atoms in total. The van der Waals surface area contributed by atoms with Crippen LogP contribution in [0.1, 0.15) is 106 Å². The van der Waals surface area contributed by atoms with Crippen LogP contribution in [0.5, 0.6) is 0 Å². The maximum Gasteiger partial charge on any atom is 0.130 e. The third-order valence-electron chi connectivity index (χ3n) is 11.6. The number of aliphatic hydroxyl groups excluding tert-OH is 1. The lowest BCUT2D eigenvalue weighted by Gasteiger charge is -2.61. The van der Waals surface area contributed by atoms with Crippen LogP contribution in [-0.2, 0) is 4.89 Å². The molecule has 3 saturated carbocycles. The number of rotatable bonds is 7. The van der Waals surface area contributed by atoms with Gasteiger partial charge in [-0.1, -0.05) is 67.0 Å². The van der Waals surface area contributed by atoms with Gasteiger partial charge in [0.15, 0.2) is 0 Å². The Balaban J connectivity index is 1.60. The van der Waals surface area contributed by atoms with Crippen molar-refractivity contribution in [1.82, 2.24) is 0 Å². The number of hydrogen-bond acceptors (Lipinski definition) is 3. The van der Waals surface area contributed by atoms with E-state index in [9.17, 15) is 10.4 Å². The average Bonchev–Trinajstić information content (AvgIpc) is 3.10. The van der Waals surface area contributed by atoms with Crippen molar-refractivity contribution in [3.63, 3.8) is 0 Å². The zero-order valence-corrected chi connectivity index (χ0v) is 22.2. The standard InChI is InChI=1S/C30H50O3/c1-8-22(19(2)3)10-9-20(4)23-14-18-30(33-32)26-12-11-24-21(5)27(31)15-16-28(24,6)25(26)13-17-29(23,30)7/h12,19-20,22-25,27,31-32H,5,8-11,13-18H2,1-4,6-7H3/t20-,22+,23-,24+,25+,27+,28+,29-,30-/m1/s1. The lowest BCUT2D eigenvalue weighted by molar-refractivity contribution is -0.346. The molecule has 0 spiro atoms. The summed E-state index contributed by atoms with van der Waals surface area (Å²) in [6.45, 7) is 18.7. The molecule has 0 aromatic carbocycles. The maximum absolute atomic E-state index is 10.6. The SMILES string of the molecule is C=C1[C@@H](O)CC[C@@]2(C)[C@H]1CC=C1[C@@H]2CC[C@]2(C)[C@@H]([C@H](C)CC[C@H](CC)C(C)C)CC[C@@]12OO. The number of aliphatic hydroxyl groups is 1. The van der Waals surface area contributed by atoms with Crippen molar-refractivity contribution in [2.24, 2.45) is 46.3 Å². The first kappa shape index (κ1) is 25.5. The first-order valence-electron chi connectivity index (χ1n) is 14.0. The Kier molecular flexibility index (Phi) is 7.02. The molecule has 2 N–H and O–H groups in total. The zero-order chi connectivity index (χ0) is 24.2. The van der Waals surface area contributed by atoms with Crippen LogP contribution >= 0.6 is 0 Å². The molecule has 0 aliphatic heterocycles. The highest BCUT2D eigenvalue weighted by Crippen LogP contribution is 2.70. The van der Waals surface area contributed by atoms with Crippen LogP contribution in [0.4, 0.5) is 0 Å². The van der Waals surface area contributed by atoms with Crippen molar-refractivity contribution in [2.45, 2.75) is 117 Å². The van der Waals surface area contributed by atoms with Gasteiger partial charge in [0, 0.05) is 5.41 Å². The molecule has 188 valence electrons. The van der Waals surface area contributed by atoms with Gasteiger partial charge in [0.05, 0.1) is 6.10 Å². The highest BCUT2D eigenvalue weighted by Gasteiger charge is 2.67. The van der Waals surface area contributed by atoms with Gasteiger partial charge in [0.25, 0.3) is 0 Å². The van der Waals surface area contributed by atoms with Gasteiger partial charge in [-0.15, -0.1) is 0 Å². The van der Waals surface area contributed by atoms with E-state index in [1.54, 1.807) is 0 Å².